The summed E-state index contributed by atoms with van der Waals surface area (Å²) in [4.78, 5) is 5.47. The van der Waals surface area contributed by atoms with Gasteiger partial charge in [-0.3, -0.25) is 0 Å². The summed E-state index contributed by atoms with van der Waals surface area (Å²) in [6.45, 7) is 4.08. The van der Waals surface area contributed by atoms with Crippen LogP contribution in [0.2, 0.25) is 0 Å². The van der Waals surface area contributed by atoms with Crippen LogP contribution >= 0.6 is 11.3 Å². The van der Waals surface area contributed by atoms with Crippen LogP contribution in [0.1, 0.15) is 23.9 Å². The second-order valence-electron chi connectivity index (χ2n) is 4.53. The predicted octanol–water partition coefficient (Wildman–Crippen LogP) is 2.95. The van der Waals surface area contributed by atoms with E-state index >= 15 is 0 Å². The van der Waals surface area contributed by atoms with Gasteiger partial charge in [0.05, 0.1) is 11.4 Å². The highest BCUT2D eigenvalue weighted by molar-refractivity contribution is 7.89. The molecule has 0 atom stereocenters. The Morgan fingerprint density at radius 3 is 2.60 bits per heavy atom. The van der Waals surface area contributed by atoms with E-state index in [2.05, 4.69) is 9.71 Å². The maximum Gasteiger partial charge on any atom is 0.211 e. The average Bonchev–Trinajstić information content (AvgIpc) is 2.79. The Kier molecular flexibility index (Phi) is 4.91. The average molecular weight is 310 g/mol. The maximum absolute atomic E-state index is 11.7. The van der Waals surface area contributed by atoms with Crippen LogP contribution < -0.4 is 4.72 Å². The molecule has 0 amide bonds. The molecular formula is C14H18N2O2S2. The Morgan fingerprint density at radius 2 is 1.95 bits per heavy atom. The van der Waals surface area contributed by atoms with Crippen molar-refractivity contribution in [2.24, 2.45) is 0 Å². The minimum Gasteiger partial charge on any atom is -0.241 e. The Bertz CT molecular complexity index is 664. The number of nitrogens with zero attached hydrogens (tertiary/aromatic N) is 1. The number of sulfonamides is 1. The van der Waals surface area contributed by atoms with Crippen molar-refractivity contribution in [1.29, 1.82) is 0 Å². The fourth-order valence-corrected chi connectivity index (χ4v) is 3.96. The summed E-state index contributed by atoms with van der Waals surface area (Å²) < 4.78 is 26.0. The number of thiazole rings is 1. The molecular weight excluding hydrogens is 292 g/mol. The predicted molar refractivity (Wildman–Crippen MR) is 83.2 cm³/mol. The van der Waals surface area contributed by atoms with Crippen LogP contribution in [0.4, 0.5) is 0 Å². The number of nitrogens with one attached hydrogen (secondary N) is 1. The zero-order valence-corrected chi connectivity index (χ0v) is 13.2. The molecule has 0 aliphatic heterocycles. The van der Waals surface area contributed by atoms with E-state index in [1.54, 1.807) is 0 Å². The summed E-state index contributed by atoms with van der Waals surface area (Å²) >= 11 is 1.53. The van der Waals surface area contributed by atoms with Gasteiger partial charge in [0.1, 0.15) is 5.01 Å². The molecule has 1 aromatic carbocycles. The molecule has 1 N–H and O–H groups in total. The van der Waals surface area contributed by atoms with E-state index in [1.165, 1.54) is 11.3 Å². The lowest BCUT2D eigenvalue weighted by atomic mass is 10.2. The molecule has 108 valence electrons. The van der Waals surface area contributed by atoms with Gasteiger partial charge in [-0.25, -0.2) is 18.1 Å². The van der Waals surface area contributed by atoms with Crippen molar-refractivity contribution >= 4 is 21.4 Å². The molecule has 0 aliphatic rings. The Labute approximate surface area is 123 Å². The van der Waals surface area contributed by atoms with E-state index < -0.39 is 10.0 Å². The molecule has 6 heteroatoms. The van der Waals surface area contributed by atoms with E-state index in [0.717, 1.165) is 21.1 Å². The van der Waals surface area contributed by atoms with Gasteiger partial charge >= 0.3 is 0 Å². The monoisotopic (exact) mass is 310 g/mol. The van der Waals surface area contributed by atoms with Crippen molar-refractivity contribution in [1.82, 2.24) is 9.71 Å². The topological polar surface area (TPSA) is 59.1 Å². The first-order valence-corrected chi connectivity index (χ1v) is 8.98. The van der Waals surface area contributed by atoms with Gasteiger partial charge in [-0.2, -0.15) is 0 Å². The summed E-state index contributed by atoms with van der Waals surface area (Å²) in [6.07, 6.45) is 0.617. The molecule has 0 bridgehead atoms. The quantitative estimate of drug-likeness (QED) is 0.892. The molecule has 2 aromatic rings. The smallest absolute Gasteiger partial charge is 0.211 e. The van der Waals surface area contributed by atoms with Gasteiger partial charge in [0.15, 0.2) is 0 Å². The minimum atomic E-state index is -3.17. The highest BCUT2D eigenvalue weighted by Crippen LogP contribution is 2.27. The molecule has 1 aromatic heterocycles. The lowest BCUT2D eigenvalue weighted by molar-refractivity contribution is 0.580. The number of benzene rings is 1. The van der Waals surface area contributed by atoms with Crippen molar-refractivity contribution in [2.45, 2.75) is 26.8 Å². The largest absolute Gasteiger partial charge is 0.241 e. The SMILES string of the molecule is CCCS(=O)(=O)NCc1sc(-c2ccccc2)nc1C. The summed E-state index contributed by atoms with van der Waals surface area (Å²) in [5.41, 5.74) is 1.94. The van der Waals surface area contributed by atoms with Crippen molar-refractivity contribution in [2.75, 3.05) is 5.75 Å². The van der Waals surface area contributed by atoms with Crippen LogP contribution in [0, 0.1) is 6.92 Å². The zero-order chi connectivity index (χ0) is 14.6. The standard InChI is InChI=1S/C14H18N2O2S2/c1-3-9-20(17,18)15-10-13-11(2)16-14(19-13)12-7-5-4-6-8-12/h4-8,15H,3,9-10H2,1-2H3. The van der Waals surface area contributed by atoms with Gasteiger partial charge in [-0.05, 0) is 13.3 Å². The van der Waals surface area contributed by atoms with Gasteiger partial charge in [0.2, 0.25) is 10.0 Å². The van der Waals surface area contributed by atoms with Crippen LogP contribution in [-0.4, -0.2) is 19.2 Å². The maximum atomic E-state index is 11.7. The third kappa shape index (κ3) is 3.88. The molecule has 0 fully saturated rings. The first-order valence-electron chi connectivity index (χ1n) is 6.51. The van der Waals surface area contributed by atoms with Crippen molar-refractivity contribution in [3.8, 4) is 10.6 Å². The zero-order valence-electron chi connectivity index (χ0n) is 11.6. The molecule has 0 spiro atoms. The van der Waals surface area contributed by atoms with Gasteiger partial charge in [-0.1, -0.05) is 37.3 Å². The second-order valence-corrected chi connectivity index (χ2v) is 7.54. The first-order chi connectivity index (χ1) is 9.52. The van der Waals surface area contributed by atoms with Gasteiger partial charge in [0, 0.05) is 17.0 Å². The van der Waals surface area contributed by atoms with Crippen molar-refractivity contribution < 1.29 is 8.42 Å². The third-order valence-corrected chi connectivity index (χ3v) is 5.58. The molecule has 0 saturated carbocycles. The van der Waals surface area contributed by atoms with Crippen molar-refractivity contribution in [3.05, 3.63) is 40.9 Å². The molecule has 20 heavy (non-hydrogen) atoms. The second kappa shape index (κ2) is 6.47. The van der Waals surface area contributed by atoms with Crippen LogP contribution in [0.25, 0.3) is 10.6 Å². The van der Waals surface area contributed by atoms with Crippen LogP contribution in [0.5, 0.6) is 0 Å². The summed E-state index contributed by atoms with van der Waals surface area (Å²) in [6, 6.07) is 9.90. The molecule has 1 heterocycles. The third-order valence-electron chi connectivity index (χ3n) is 2.84. The molecule has 2 rings (SSSR count). The Morgan fingerprint density at radius 1 is 1.25 bits per heavy atom. The van der Waals surface area contributed by atoms with Gasteiger partial charge in [0.25, 0.3) is 0 Å². The Balaban J connectivity index is 2.13. The number of hydrogen-bond acceptors (Lipinski definition) is 4. The summed E-state index contributed by atoms with van der Waals surface area (Å²) in [5, 5.41) is 0.924. The summed E-state index contributed by atoms with van der Waals surface area (Å²) in [7, 11) is -3.17. The first kappa shape index (κ1) is 15.2. The van der Waals surface area contributed by atoms with E-state index in [1.807, 2.05) is 44.2 Å². The lowest BCUT2D eigenvalue weighted by Gasteiger charge is -2.03. The highest BCUT2D eigenvalue weighted by atomic mass is 32.2. The minimum absolute atomic E-state index is 0.163. The number of aryl methyl sites for hydroxylation is 1. The van der Waals surface area contributed by atoms with Gasteiger partial charge < -0.3 is 0 Å². The van der Waals surface area contributed by atoms with Crippen LogP contribution in [0.3, 0.4) is 0 Å². The normalized spacial score (nSPS) is 11.7. The number of hydrogen-bond donors (Lipinski definition) is 1. The van der Waals surface area contributed by atoms with Gasteiger partial charge in [-0.15, -0.1) is 11.3 Å². The van der Waals surface area contributed by atoms with Crippen molar-refractivity contribution in [3.63, 3.8) is 0 Å². The number of rotatable bonds is 6. The lowest BCUT2D eigenvalue weighted by Crippen LogP contribution is -2.25. The molecule has 4 nitrogen and oxygen atoms in total. The molecule has 0 radical (unpaired) electrons. The summed E-state index contributed by atoms with van der Waals surface area (Å²) in [5.74, 6) is 0.163. The number of aromatic nitrogens is 1. The fraction of sp³-hybridized carbons (Fsp3) is 0.357. The van der Waals surface area contributed by atoms with Crippen LogP contribution in [0.15, 0.2) is 30.3 Å². The fourth-order valence-electron chi connectivity index (χ4n) is 1.81. The highest BCUT2D eigenvalue weighted by Gasteiger charge is 2.13. The van der Waals surface area contributed by atoms with E-state index in [4.69, 9.17) is 0 Å². The molecule has 0 saturated heterocycles. The molecule has 0 aliphatic carbocycles. The van der Waals surface area contributed by atoms with Crippen LogP contribution in [-0.2, 0) is 16.6 Å². The Hall–Kier alpha value is -1.24. The van der Waals surface area contributed by atoms with E-state index in [0.29, 0.717) is 13.0 Å². The van der Waals surface area contributed by atoms with E-state index in [-0.39, 0.29) is 5.75 Å². The van der Waals surface area contributed by atoms with E-state index in [9.17, 15) is 8.42 Å². The molecule has 0 unspecified atom stereocenters.